The van der Waals surface area contributed by atoms with Crippen LogP contribution in [0.25, 0.3) is 0 Å². The van der Waals surface area contributed by atoms with Crippen LogP contribution in [0.3, 0.4) is 0 Å². The smallest absolute Gasteiger partial charge is 0.146 e. The lowest BCUT2D eigenvalue weighted by atomic mass is 10.1. The highest BCUT2D eigenvalue weighted by atomic mass is 19.1. The zero-order valence-electron chi connectivity index (χ0n) is 14.2. The molecule has 0 saturated heterocycles. The van der Waals surface area contributed by atoms with Crippen molar-refractivity contribution in [1.29, 1.82) is 0 Å². The molecule has 1 rings (SSSR count). The quantitative estimate of drug-likeness (QED) is 0.724. The molecule has 0 unspecified atom stereocenters. The van der Waals surface area contributed by atoms with E-state index < -0.39 is 0 Å². The second-order valence-corrected chi connectivity index (χ2v) is 6.63. The van der Waals surface area contributed by atoms with Crippen LogP contribution in [-0.2, 0) is 6.54 Å². The van der Waals surface area contributed by atoms with E-state index in [-0.39, 0.29) is 5.82 Å². The van der Waals surface area contributed by atoms with Gasteiger partial charge in [-0.1, -0.05) is 39.8 Å². The third-order valence-corrected chi connectivity index (χ3v) is 3.71. The van der Waals surface area contributed by atoms with E-state index in [0.717, 1.165) is 37.2 Å². The molecule has 2 nitrogen and oxygen atoms in total. The number of benzene rings is 1. The summed E-state index contributed by atoms with van der Waals surface area (Å²) in [6, 6.07) is 5.40. The second kappa shape index (κ2) is 9.04. The van der Waals surface area contributed by atoms with Gasteiger partial charge < -0.3 is 10.2 Å². The number of halogens is 1. The third-order valence-electron chi connectivity index (χ3n) is 3.71. The molecule has 0 bridgehead atoms. The highest BCUT2D eigenvalue weighted by Crippen LogP contribution is 2.26. The van der Waals surface area contributed by atoms with Gasteiger partial charge in [0, 0.05) is 19.6 Å². The molecule has 0 aliphatic rings. The molecule has 0 aliphatic heterocycles. The molecule has 0 aliphatic carbocycles. The molecule has 21 heavy (non-hydrogen) atoms. The Labute approximate surface area is 129 Å². The van der Waals surface area contributed by atoms with Gasteiger partial charge in [-0.05, 0) is 43.4 Å². The standard InChI is InChI=1S/C18H31FN2/c1-14(2)9-11-21(12-10-15(3)4)18-16(13-20-5)7-6-8-17(18)19/h6-8,14-15,20H,9-13H2,1-5H3. The molecule has 0 fully saturated rings. The zero-order valence-corrected chi connectivity index (χ0v) is 14.2. The topological polar surface area (TPSA) is 15.3 Å². The summed E-state index contributed by atoms with van der Waals surface area (Å²) in [4.78, 5) is 2.24. The summed E-state index contributed by atoms with van der Waals surface area (Å²) in [5.41, 5.74) is 1.83. The maximum atomic E-state index is 14.4. The first kappa shape index (κ1) is 18.0. The number of nitrogens with one attached hydrogen (secondary N) is 1. The van der Waals surface area contributed by atoms with Gasteiger partial charge in [0.2, 0.25) is 0 Å². The van der Waals surface area contributed by atoms with Gasteiger partial charge in [-0.15, -0.1) is 0 Å². The Morgan fingerprint density at radius 2 is 1.62 bits per heavy atom. The summed E-state index contributed by atoms with van der Waals surface area (Å²) in [5, 5.41) is 3.14. The normalized spacial score (nSPS) is 11.4. The Morgan fingerprint density at radius 3 is 2.10 bits per heavy atom. The Hall–Kier alpha value is -1.09. The fraction of sp³-hybridized carbons (Fsp3) is 0.667. The van der Waals surface area contributed by atoms with Gasteiger partial charge in [0.15, 0.2) is 0 Å². The Kier molecular flexibility index (Phi) is 7.73. The minimum Gasteiger partial charge on any atom is -0.369 e. The van der Waals surface area contributed by atoms with Gasteiger partial charge in [0.05, 0.1) is 5.69 Å². The summed E-state index contributed by atoms with van der Waals surface area (Å²) in [6.45, 7) is 11.4. The maximum absolute atomic E-state index is 14.4. The van der Waals surface area contributed by atoms with E-state index in [1.165, 1.54) is 0 Å². The van der Waals surface area contributed by atoms with Crippen LogP contribution in [-0.4, -0.2) is 20.1 Å². The summed E-state index contributed by atoms with van der Waals surface area (Å²) in [5.74, 6) is 1.16. The first-order valence-corrected chi connectivity index (χ1v) is 8.12. The number of hydrogen-bond donors (Lipinski definition) is 1. The molecule has 1 aromatic rings. The van der Waals surface area contributed by atoms with Crippen molar-refractivity contribution in [3.8, 4) is 0 Å². The Balaban J connectivity index is 2.99. The van der Waals surface area contributed by atoms with Crippen LogP contribution in [0.5, 0.6) is 0 Å². The lowest BCUT2D eigenvalue weighted by Gasteiger charge is -2.29. The van der Waals surface area contributed by atoms with Gasteiger partial charge in [0.1, 0.15) is 5.82 Å². The molecular weight excluding hydrogens is 263 g/mol. The van der Waals surface area contributed by atoms with E-state index in [0.29, 0.717) is 18.4 Å². The summed E-state index contributed by atoms with van der Waals surface area (Å²) < 4.78 is 14.4. The largest absolute Gasteiger partial charge is 0.369 e. The van der Waals surface area contributed by atoms with E-state index in [4.69, 9.17) is 0 Å². The van der Waals surface area contributed by atoms with Crippen molar-refractivity contribution in [3.05, 3.63) is 29.6 Å². The summed E-state index contributed by atoms with van der Waals surface area (Å²) in [6.07, 6.45) is 2.18. The molecule has 0 radical (unpaired) electrons. The molecule has 0 atom stereocenters. The first-order chi connectivity index (χ1) is 9.95. The van der Waals surface area contributed by atoms with Gasteiger partial charge in [-0.3, -0.25) is 0 Å². The minimum atomic E-state index is -0.102. The second-order valence-electron chi connectivity index (χ2n) is 6.63. The maximum Gasteiger partial charge on any atom is 0.146 e. The molecule has 0 heterocycles. The van der Waals surface area contributed by atoms with Crippen molar-refractivity contribution < 1.29 is 4.39 Å². The number of anilines is 1. The highest BCUT2D eigenvalue weighted by molar-refractivity contribution is 5.55. The SMILES string of the molecule is CNCc1cccc(F)c1N(CCC(C)C)CCC(C)C. The van der Waals surface area contributed by atoms with Gasteiger partial charge in [-0.25, -0.2) is 4.39 Å². The van der Waals surface area contributed by atoms with Crippen molar-refractivity contribution in [3.63, 3.8) is 0 Å². The highest BCUT2D eigenvalue weighted by Gasteiger charge is 2.16. The van der Waals surface area contributed by atoms with Crippen molar-refractivity contribution in [2.24, 2.45) is 11.8 Å². The van der Waals surface area contributed by atoms with Crippen LogP contribution in [0.2, 0.25) is 0 Å². The van der Waals surface area contributed by atoms with Gasteiger partial charge in [0.25, 0.3) is 0 Å². The lowest BCUT2D eigenvalue weighted by Crippen LogP contribution is -2.30. The molecule has 120 valence electrons. The van der Waals surface area contributed by atoms with E-state index >= 15 is 0 Å². The molecule has 3 heteroatoms. The minimum absolute atomic E-state index is 0.102. The van der Waals surface area contributed by atoms with E-state index in [2.05, 4.69) is 37.9 Å². The van der Waals surface area contributed by atoms with Crippen LogP contribution in [0.4, 0.5) is 10.1 Å². The molecular formula is C18H31FN2. The average molecular weight is 294 g/mol. The third kappa shape index (κ3) is 6.04. The Morgan fingerprint density at radius 1 is 1.05 bits per heavy atom. The molecule has 0 aromatic heterocycles. The van der Waals surface area contributed by atoms with Gasteiger partial charge in [-0.2, -0.15) is 0 Å². The van der Waals surface area contributed by atoms with Crippen molar-refractivity contribution >= 4 is 5.69 Å². The van der Waals surface area contributed by atoms with Crippen LogP contribution in [0.1, 0.15) is 46.1 Å². The predicted molar refractivity (Wildman–Crippen MR) is 90.3 cm³/mol. The lowest BCUT2D eigenvalue weighted by molar-refractivity contribution is 0.525. The van der Waals surface area contributed by atoms with Crippen molar-refractivity contribution in [2.75, 3.05) is 25.0 Å². The van der Waals surface area contributed by atoms with Crippen molar-refractivity contribution in [1.82, 2.24) is 5.32 Å². The van der Waals surface area contributed by atoms with Crippen LogP contribution >= 0.6 is 0 Å². The molecule has 0 saturated carbocycles. The van der Waals surface area contributed by atoms with Crippen LogP contribution in [0, 0.1) is 17.7 Å². The molecule has 0 spiro atoms. The van der Waals surface area contributed by atoms with Crippen LogP contribution < -0.4 is 10.2 Å². The predicted octanol–water partition coefficient (Wildman–Crippen LogP) is 4.44. The fourth-order valence-corrected chi connectivity index (χ4v) is 2.41. The number of nitrogens with zero attached hydrogens (tertiary/aromatic N) is 1. The number of rotatable bonds is 9. The Bertz CT molecular complexity index is 404. The van der Waals surface area contributed by atoms with Gasteiger partial charge >= 0.3 is 0 Å². The molecule has 1 N–H and O–H groups in total. The van der Waals surface area contributed by atoms with E-state index in [1.807, 2.05) is 13.1 Å². The molecule has 1 aromatic carbocycles. The number of hydrogen-bond acceptors (Lipinski definition) is 2. The monoisotopic (exact) mass is 294 g/mol. The average Bonchev–Trinajstić information content (AvgIpc) is 2.40. The van der Waals surface area contributed by atoms with Crippen LogP contribution in [0.15, 0.2) is 18.2 Å². The van der Waals surface area contributed by atoms with E-state index in [1.54, 1.807) is 12.1 Å². The fourth-order valence-electron chi connectivity index (χ4n) is 2.41. The molecule has 0 amide bonds. The number of para-hydroxylation sites is 1. The summed E-state index contributed by atoms with van der Waals surface area (Å²) >= 11 is 0. The zero-order chi connectivity index (χ0) is 15.8. The summed E-state index contributed by atoms with van der Waals surface area (Å²) in [7, 11) is 1.90. The van der Waals surface area contributed by atoms with Crippen molar-refractivity contribution in [2.45, 2.75) is 47.1 Å². The van der Waals surface area contributed by atoms with E-state index in [9.17, 15) is 4.39 Å². The first-order valence-electron chi connectivity index (χ1n) is 8.12.